The lowest BCUT2D eigenvalue weighted by Gasteiger charge is -2.48. The predicted molar refractivity (Wildman–Crippen MR) is 77.9 cm³/mol. The third-order valence-corrected chi connectivity index (χ3v) is 4.96. The van der Waals surface area contributed by atoms with Crippen LogP contribution in [0.15, 0.2) is 24.5 Å². The van der Waals surface area contributed by atoms with Crippen LogP contribution in [0.5, 0.6) is 0 Å². The molecule has 0 radical (unpaired) electrons. The summed E-state index contributed by atoms with van der Waals surface area (Å²) in [6, 6.07) is 4.88. The zero-order valence-corrected chi connectivity index (χ0v) is 12.1. The topological polar surface area (TPSA) is 28.2 Å². The van der Waals surface area contributed by atoms with E-state index in [2.05, 4.69) is 35.1 Å². The van der Waals surface area contributed by atoms with Crippen LogP contribution in [0.2, 0.25) is 0 Å². The van der Waals surface area contributed by atoms with Crippen molar-refractivity contribution in [2.45, 2.75) is 51.2 Å². The van der Waals surface area contributed by atoms with Crippen molar-refractivity contribution in [1.82, 2.24) is 15.2 Å². The highest BCUT2D eigenvalue weighted by atomic mass is 15.3. The average Bonchev–Trinajstić information content (AvgIpc) is 3.27. The number of nitrogens with zero attached hydrogens (tertiary/aromatic N) is 2. The van der Waals surface area contributed by atoms with Gasteiger partial charge >= 0.3 is 0 Å². The Kier molecular flexibility index (Phi) is 3.59. The molecule has 1 aliphatic carbocycles. The van der Waals surface area contributed by atoms with E-state index in [9.17, 15) is 0 Å². The smallest absolute Gasteiger partial charge is 0.0338 e. The van der Waals surface area contributed by atoms with Gasteiger partial charge in [0.15, 0.2) is 0 Å². The minimum absolute atomic E-state index is 0.335. The summed E-state index contributed by atoms with van der Waals surface area (Å²) in [6.07, 6.45) is 7.88. The average molecular weight is 259 g/mol. The maximum absolute atomic E-state index is 4.26. The van der Waals surface area contributed by atoms with Gasteiger partial charge in [0.25, 0.3) is 0 Å². The Morgan fingerprint density at radius 1 is 1.47 bits per heavy atom. The van der Waals surface area contributed by atoms with Crippen molar-refractivity contribution >= 4 is 0 Å². The molecule has 1 aromatic rings. The summed E-state index contributed by atoms with van der Waals surface area (Å²) < 4.78 is 0. The molecule has 0 aromatic carbocycles. The maximum Gasteiger partial charge on any atom is 0.0338 e. The van der Waals surface area contributed by atoms with Crippen LogP contribution in [0, 0.1) is 5.92 Å². The minimum Gasteiger partial charge on any atom is -0.311 e. The van der Waals surface area contributed by atoms with Crippen molar-refractivity contribution in [2.24, 2.45) is 5.92 Å². The highest BCUT2D eigenvalue weighted by Gasteiger charge is 2.47. The zero-order valence-electron chi connectivity index (χ0n) is 12.1. The molecular formula is C16H25N3. The lowest BCUT2D eigenvalue weighted by molar-refractivity contribution is 0.0270. The summed E-state index contributed by atoms with van der Waals surface area (Å²) in [7, 11) is 0. The minimum atomic E-state index is 0.335. The van der Waals surface area contributed by atoms with Crippen LogP contribution < -0.4 is 5.32 Å². The molecule has 1 saturated heterocycles. The highest BCUT2D eigenvalue weighted by Crippen LogP contribution is 2.44. The predicted octanol–water partition coefficient (Wildman–Crippen LogP) is 2.43. The summed E-state index contributed by atoms with van der Waals surface area (Å²) in [5, 5.41) is 3.74. The third kappa shape index (κ3) is 2.67. The molecule has 0 spiro atoms. The summed E-state index contributed by atoms with van der Waals surface area (Å²) in [6.45, 7) is 8.06. The fourth-order valence-electron chi connectivity index (χ4n) is 3.34. The number of pyridine rings is 1. The molecule has 3 rings (SSSR count). The van der Waals surface area contributed by atoms with Crippen LogP contribution in [0.25, 0.3) is 0 Å². The van der Waals surface area contributed by atoms with Crippen LogP contribution >= 0.6 is 0 Å². The second kappa shape index (κ2) is 5.22. The number of hydrogen-bond donors (Lipinski definition) is 1. The van der Waals surface area contributed by atoms with Crippen LogP contribution in [-0.4, -0.2) is 34.6 Å². The van der Waals surface area contributed by atoms with Gasteiger partial charge in [-0.3, -0.25) is 9.88 Å². The number of rotatable bonds is 4. The first kappa shape index (κ1) is 13.1. The first-order valence-corrected chi connectivity index (χ1v) is 7.59. The van der Waals surface area contributed by atoms with E-state index in [1.54, 1.807) is 0 Å². The van der Waals surface area contributed by atoms with Gasteiger partial charge in [-0.15, -0.1) is 0 Å². The lowest BCUT2D eigenvalue weighted by Crippen LogP contribution is -2.63. The second-order valence-corrected chi connectivity index (χ2v) is 6.36. The molecule has 1 aliphatic heterocycles. The normalized spacial score (nSPS) is 32.4. The van der Waals surface area contributed by atoms with E-state index in [-0.39, 0.29) is 0 Å². The van der Waals surface area contributed by atoms with Crippen LogP contribution in [0.4, 0.5) is 0 Å². The number of piperazine rings is 1. The van der Waals surface area contributed by atoms with E-state index >= 15 is 0 Å². The molecule has 2 atom stereocenters. The summed E-state index contributed by atoms with van der Waals surface area (Å²) in [5.74, 6) is 0.884. The van der Waals surface area contributed by atoms with Gasteiger partial charge in [-0.05, 0) is 43.7 Å². The van der Waals surface area contributed by atoms with E-state index in [0.29, 0.717) is 11.6 Å². The van der Waals surface area contributed by atoms with Gasteiger partial charge < -0.3 is 5.32 Å². The molecule has 1 N–H and O–H groups in total. The van der Waals surface area contributed by atoms with E-state index in [1.807, 2.05) is 18.5 Å². The van der Waals surface area contributed by atoms with E-state index in [1.165, 1.54) is 31.4 Å². The molecule has 1 aromatic heterocycles. The van der Waals surface area contributed by atoms with Gasteiger partial charge in [0.2, 0.25) is 0 Å². The first-order chi connectivity index (χ1) is 9.22. The molecule has 19 heavy (non-hydrogen) atoms. The molecule has 0 amide bonds. The van der Waals surface area contributed by atoms with E-state index in [0.717, 1.165) is 19.0 Å². The van der Waals surface area contributed by atoms with Crippen LogP contribution in [-0.2, 0) is 6.54 Å². The largest absolute Gasteiger partial charge is 0.311 e. The van der Waals surface area contributed by atoms with Crippen LogP contribution in [0.1, 0.15) is 38.7 Å². The van der Waals surface area contributed by atoms with E-state index < -0.39 is 0 Å². The second-order valence-electron chi connectivity index (χ2n) is 6.36. The highest BCUT2D eigenvalue weighted by molar-refractivity contribution is 5.12. The number of hydrogen-bond acceptors (Lipinski definition) is 3. The SMILES string of the molecule is CCC1CN(Cc2cccnc2)C(C)(C2CC2)CN1. The Morgan fingerprint density at radius 3 is 2.95 bits per heavy atom. The molecule has 3 heteroatoms. The molecule has 2 fully saturated rings. The van der Waals surface area contributed by atoms with Crippen molar-refractivity contribution < 1.29 is 0 Å². The summed E-state index contributed by atoms with van der Waals surface area (Å²) in [4.78, 5) is 6.96. The lowest BCUT2D eigenvalue weighted by atomic mass is 9.88. The molecule has 3 nitrogen and oxygen atoms in total. The van der Waals surface area contributed by atoms with Gasteiger partial charge in [-0.2, -0.15) is 0 Å². The molecule has 2 unspecified atom stereocenters. The monoisotopic (exact) mass is 259 g/mol. The van der Waals surface area contributed by atoms with Gasteiger partial charge in [0.1, 0.15) is 0 Å². The molecule has 2 aliphatic rings. The molecule has 1 saturated carbocycles. The zero-order chi connectivity index (χ0) is 13.3. The summed E-state index contributed by atoms with van der Waals surface area (Å²) >= 11 is 0. The fourth-order valence-corrected chi connectivity index (χ4v) is 3.34. The molecule has 104 valence electrons. The van der Waals surface area contributed by atoms with Crippen molar-refractivity contribution in [1.29, 1.82) is 0 Å². The fraction of sp³-hybridized carbons (Fsp3) is 0.688. The standard InChI is InChI=1S/C16H25N3/c1-3-15-11-19(10-13-5-4-8-17-9-13)16(2,12-18-15)14-6-7-14/h4-5,8-9,14-15,18H,3,6-7,10-12H2,1-2H3. The van der Waals surface area contributed by atoms with Crippen molar-refractivity contribution in [3.05, 3.63) is 30.1 Å². The van der Waals surface area contributed by atoms with Crippen molar-refractivity contribution in [2.75, 3.05) is 13.1 Å². The molecule has 0 bridgehead atoms. The molecule has 2 heterocycles. The van der Waals surface area contributed by atoms with Gasteiger partial charge in [0.05, 0.1) is 0 Å². The Hall–Kier alpha value is -0.930. The van der Waals surface area contributed by atoms with Crippen molar-refractivity contribution in [3.63, 3.8) is 0 Å². The quantitative estimate of drug-likeness (QED) is 0.900. The van der Waals surface area contributed by atoms with Crippen molar-refractivity contribution in [3.8, 4) is 0 Å². The van der Waals surface area contributed by atoms with Gasteiger partial charge in [-0.1, -0.05) is 13.0 Å². The molecular weight excluding hydrogens is 234 g/mol. The first-order valence-electron chi connectivity index (χ1n) is 7.59. The summed E-state index contributed by atoms with van der Waals surface area (Å²) in [5.41, 5.74) is 1.67. The Morgan fingerprint density at radius 2 is 2.32 bits per heavy atom. The Labute approximate surface area is 116 Å². The maximum atomic E-state index is 4.26. The third-order valence-electron chi connectivity index (χ3n) is 4.96. The van der Waals surface area contributed by atoms with E-state index in [4.69, 9.17) is 0 Å². The Bertz CT molecular complexity index is 415. The van der Waals surface area contributed by atoms with Gasteiger partial charge in [0, 0.05) is 43.6 Å². The number of nitrogens with one attached hydrogen (secondary N) is 1. The Balaban J connectivity index is 1.77. The van der Waals surface area contributed by atoms with Crippen LogP contribution in [0.3, 0.4) is 0 Å². The van der Waals surface area contributed by atoms with Gasteiger partial charge in [-0.25, -0.2) is 0 Å². The number of aromatic nitrogens is 1.